The van der Waals surface area contributed by atoms with Gasteiger partial charge in [-0.3, -0.25) is 4.79 Å². The number of hydrogen-bond donors (Lipinski definition) is 1. The van der Waals surface area contributed by atoms with Crippen LogP contribution in [0.3, 0.4) is 0 Å². The van der Waals surface area contributed by atoms with Crippen LogP contribution in [0.4, 0.5) is 0 Å². The van der Waals surface area contributed by atoms with Crippen LogP contribution in [0.25, 0.3) is 11.0 Å². The molecule has 0 fully saturated rings. The maximum absolute atomic E-state index is 12.5. The number of hydrogen-bond acceptors (Lipinski definition) is 4. The van der Waals surface area contributed by atoms with Crippen LogP contribution in [0.2, 0.25) is 5.02 Å². The summed E-state index contributed by atoms with van der Waals surface area (Å²) in [5.41, 5.74) is 4.08. The lowest BCUT2D eigenvalue weighted by atomic mass is 10.1. The number of rotatable bonds is 11. The van der Waals surface area contributed by atoms with Gasteiger partial charge >= 0.3 is 0 Å². The summed E-state index contributed by atoms with van der Waals surface area (Å²) in [4.78, 5) is 17.2. The predicted molar refractivity (Wildman–Crippen MR) is 139 cm³/mol. The van der Waals surface area contributed by atoms with Gasteiger partial charge in [-0.1, -0.05) is 35.9 Å². The Balaban J connectivity index is 1.31. The van der Waals surface area contributed by atoms with Crippen LogP contribution in [0.15, 0.2) is 66.7 Å². The van der Waals surface area contributed by atoms with Gasteiger partial charge in [-0.15, -0.1) is 0 Å². The molecule has 7 heteroatoms. The van der Waals surface area contributed by atoms with Crippen molar-refractivity contribution >= 4 is 28.5 Å². The minimum atomic E-state index is -0.180. The number of ether oxygens (including phenoxy) is 2. The second-order valence-corrected chi connectivity index (χ2v) is 8.95. The summed E-state index contributed by atoms with van der Waals surface area (Å²) in [6, 6.07) is 21.4. The van der Waals surface area contributed by atoms with E-state index in [1.165, 1.54) is 0 Å². The van der Waals surface area contributed by atoms with E-state index in [0.29, 0.717) is 18.2 Å². The van der Waals surface area contributed by atoms with Crippen LogP contribution in [0, 0.1) is 13.8 Å². The van der Waals surface area contributed by atoms with Crippen LogP contribution in [-0.2, 0) is 17.9 Å². The number of aromatic nitrogens is 2. The van der Waals surface area contributed by atoms with Gasteiger partial charge < -0.3 is 19.4 Å². The molecule has 1 N–H and O–H groups in total. The quantitative estimate of drug-likeness (QED) is 0.267. The molecule has 3 aromatic carbocycles. The number of halogens is 1. The van der Waals surface area contributed by atoms with E-state index in [9.17, 15) is 4.79 Å². The van der Waals surface area contributed by atoms with Crippen molar-refractivity contribution in [3.8, 4) is 11.5 Å². The number of carbonyl (C=O) groups is 1. The van der Waals surface area contributed by atoms with Crippen LogP contribution in [-0.4, -0.2) is 28.7 Å². The van der Waals surface area contributed by atoms with Gasteiger partial charge in [0.05, 0.1) is 24.2 Å². The molecule has 1 heterocycles. The number of carbonyl (C=O) groups excluding carboxylic acids is 1. The van der Waals surface area contributed by atoms with E-state index in [1.54, 1.807) is 0 Å². The Kier molecular flexibility index (Phi) is 8.27. The highest BCUT2D eigenvalue weighted by Gasteiger charge is 2.12. The van der Waals surface area contributed by atoms with Gasteiger partial charge in [0.2, 0.25) is 0 Å². The van der Waals surface area contributed by atoms with Gasteiger partial charge in [0.1, 0.15) is 17.3 Å². The number of aryl methyl sites for hydroxylation is 3. The molecule has 6 nitrogen and oxygen atoms in total. The number of para-hydroxylation sites is 2. The third-order valence-corrected chi connectivity index (χ3v) is 5.99. The molecule has 4 aromatic rings. The Labute approximate surface area is 210 Å². The topological polar surface area (TPSA) is 65.4 Å². The first kappa shape index (κ1) is 24.6. The highest BCUT2D eigenvalue weighted by Crippen LogP contribution is 2.20. The first-order valence-corrected chi connectivity index (χ1v) is 12.2. The number of unbranched alkanes of at least 4 members (excludes halogenated alkanes) is 1. The van der Waals surface area contributed by atoms with Crippen molar-refractivity contribution < 1.29 is 14.3 Å². The Morgan fingerprint density at radius 1 is 1.00 bits per heavy atom. The third kappa shape index (κ3) is 6.76. The van der Waals surface area contributed by atoms with Crippen molar-refractivity contribution in [3.63, 3.8) is 0 Å². The summed E-state index contributed by atoms with van der Waals surface area (Å²) >= 11 is 5.92. The van der Waals surface area contributed by atoms with Gasteiger partial charge in [-0.05, 0) is 80.3 Å². The molecule has 0 spiro atoms. The average Bonchev–Trinajstić information content (AvgIpc) is 3.21. The Morgan fingerprint density at radius 3 is 2.63 bits per heavy atom. The number of fused-ring (bicyclic) bond motifs is 1. The molecule has 0 saturated carbocycles. The van der Waals surface area contributed by atoms with E-state index in [2.05, 4.69) is 16.0 Å². The number of imidazole rings is 1. The highest BCUT2D eigenvalue weighted by atomic mass is 35.5. The average molecular weight is 492 g/mol. The fraction of sp³-hybridized carbons (Fsp3) is 0.286. The molecule has 0 saturated heterocycles. The smallest absolute Gasteiger partial charge is 0.258 e. The summed E-state index contributed by atoms with van der Waals surface area (Å²) in [6.45, 7) is 5.68. The van der Waals surface area contributed by atoms with Gasteiger partial charge in [0.15, 0.2) is 6.61 Å². The summed E-state index contributed by atoms with van der Waals surface area (Å²) in [5, 5.41) is 3.64. The number of nitrogens with zero attached hydrogens (tertiary/aromatic N) is 2. The molecule has 182 valence electrons. The molecule has 35 heavy (non-hydrogen) atoms. The lowest BCUT2D eigenvalue weighted by Crippen LogP contribution is -2.29. The Bertz CT molecular complexity index is 1280. The zero-order chi connectivity index (χ0) is 24.6. The fourth-order valence-electron chi connectivity index (χ4n) is 3.84. The predicted octanol–water partition coefficient (Wildman–Crippen LogP) is 5.86. The van der Waals surface area contributed by atoms with Crippen molar-refractivity contribution in [1.82, 2.24) is 14.9 Å². The minimum absolute atomic E-state index is 0.0352. The van der Waals surface area contributed by atoms with Crippen LogP contribution in [0.1, 0.15) is 29.8 Å². The van der Waals surface area contributed by atoms with E-state index in [-0.39, 0.29) is 12.5 Å². The fourth-order valence-corrected chi connectivity index (χ4v) is 3.96. The first-order chi connectivity index (χ1) is 17.0. The van der Waals surface area contributed by atoms with Crippen molar-refractivity contribution in [2.45, 2.75) is 39.8 Å². The van der Waals surface area contributed by atoms with Crippen molar-refractivity contribution in [1.29, 1.82) is 0 Å². The number of amides is 1. The molecule has 1 amide bonds. The lowest BCUT2D eigenvalue weighted by molar-refractivity contribution is -0.123. The molecule has 1 aromatic heterocycles. The van der Waals surface area contributed by atoms with E-state index in [4.69, 9.17) is 26.1 Å². The second kappa shape index (κ2) is 11.8. The van der Waals surface area contributed by atoms with E-state index >= 15 is 0 Å². The van der Waals surface area contributed by atoms with Gasteiger partial charge in [0, 0.05) is 11.6 Å². The molecular formula is C28H30ClN3O3. The molecule has 0 atom stereocenters. The Hall–Kier alpha value is -3.51. The normalized spacial score (nSPS) is 10.9. The van der Waals surface area contributed by atoms with Crippen molar-refractivity contribution in [2.24, 2.45) is 0 Å². The molecule has 0 radical (unpaired) electrons. The summed E-state index contributed by atoms with van der Waals surface area (Å²) in [6.07, 6.45) is 1.81. The largest absolute Gasteiger partial charge is 0.494 e. The maximum atomic E-state index is 12.5. The van der Waals surface area contributed by atoms with E-state index < -0.39 is 0 Å². The molecular weight excluding hydrogens is 462 g/mol. The standard InChI is InChI=1S/C28H30ClN3O3/c1-20-9-10-21(2)26(17-20)35-19-28(33)30-18-27-31-24-7-3-4-8-25(24)32(27)15-5-6-16-34-23-13-11-22(29)12-14-23/h3-4,7-14,17H,5-6,15-16,18-19H2,1-2H3,(H,30,33). The number of benzene rings is 3. The Morgan fingerprint density at radius 2 is 1.80 bits per heavy atom. The van der Waals surface area contributed by atoms with E-state index in [1.807, 2.05) is 74.5 Å². The van der Waals surface area contributed by atoms with Crippen LogP contribution < -0.4 is 14.8 Å². The SMILES string of the molecule is Cc1ccc(C)c(OCC(=O)NCc2nc3ccccc3n2CCCCOc2ccc(Cl)cc2)c1. The second-order valence-electron chi connectivity index (χ2n) is 8.51. The summed E-state index contributed by atoms with van der Waals surface area (Å²) < 4.78 is 13.7. The zero-order valence-corrected chi connectivity index (χ0v) is 20.8. The third-order valence-electron chi connectivity index (χ3n) is 5.74. The first-order valence-electron chi connectivity index (χ1n) is 11.8. The molecule has 4 rings (SSSR count). The molecule has 0 unspecified atom stereocenters. The minimum Gasteiger partial charge on any atom is -0.494 e. The summed E-state index contributed by atoms with van der Waals surface area (Å²) in [5.74, 6) is 2.19. The maximum Gasteiger partial charge on any atom is 0.258 e. The van der Waals surface area contributed by atoms with Crippen molar-refractivity contribution in [2.75, 3.05) is 13.2 Å². The molecule has 0 aliphatic rings. The van der Waals surface area contributed by atoms with Gasteiger partial charge in [-0.2, -0.15) is 0 Å². The van der Waals surface area contributed by atoms with E-state index in [0.717, 1.165) is 58.9 Å². The lowest BCUT2D eigenvalue weighted by Gasteiger charge is -2.12. The van der Waals surface area contributed by atoms with Crippen LogP contribution >= 0.6 is 11.6 Å². The zero-order valence-electron chi connectivity index (χ0n) is 20.1. The van der Waals surface area contributed by atoms with Crippen LogP contribution in [0.5, 0.6) is 11.5 Å². The number of nitrogens with one attached hydrogen (secondary N) is 1. The highest BCUT2D eigenvalue weighted by molar-refractivity contribution is 6.30. The molecule has 0 aliphatic carbocycles. The monoisotopic (exact) mass is 491 g/mol. The van der Waals surface area contributed by atoms with Gasteiger partial charge in [0.25, 0.3) is 5.91 Å². The van der Waals surface area contributed by atoms with Crippen molar-refractivity contribution in [3.05, 3.63) is 88.7 Å². The molecule has 0 bridgehead atoms. The molecule has 0 aliphatic heterocycles. The van der Waals surface area contributed by atoms with Gasteiger partial charge in [-0.25, -0.2) is 4.98 Å². The summed E-state index contributed by atoms with van der Waals surface area (Å²) in [7, 11) is 0.